The van der Waals surface area contributed by atoms with Crippen LogP contribution < -0.4 is 5.32 Å². The number of aryl methyl sites for hydroxylation is 1. The minimum atomic E-state index is -1.11. The molecule has 1 aliphatic rings. The van der Waals surface area contributed by atoms with Crippen LogP contribution in [0.3, 0.4) is 0 Å². The predicted octanol–water partition coefficient (Wildman–Crippen LogP) is 0.499. The highest BCUT2D eigenvalue weighted by Gasteiger charge is 2.42. The van der Waals surface area contributed by atoms with E-state index in [2.05, 4.69) is 5.32 Å². The molecule has 5 nitrogen and oxygen atoms in total. The summed E-state index contributed by atoms with van der Waals surface area (Å²) in [6.45, 7) is 1.57. The van der Waals surface area contributed by atoms with E-state index in [9.17, 15) is 10.2 Å². The van der Waals surface area contributed by atoms with Gasteiger partial charge in [-0.2, -0.15) is 0 Å². The SMILES string of the molecule is Cc1ccc(Cl)c(NC2OC(CO)C(O)C2O)c1. The smallest absolute Gasteiger partial charge is 0.157 e. The Morgan fingerprint density at radius 2 is 2.06 bits per heavy atom. The largest absolute Gasteiger partial charge is 0.394 e. The summed E-state index contributed by atoms with van der Waals surface area (Å²) in [7, 11) is 0. The zero-order valence-electron chi connectivity index (χ0n) is 9.88. The molecule has 6 heteroatoms. The zero-order chi connectivity index (χ0) is 13.3. The first-order valence-electron chi connectivity index (χ1n) is 5.68. The third kappa shape index (κ3) is 2.60. The van der Waals surface area contributed by atoms with Crippen LogP contribution in [0.4, 0.5) is 5.69 Å². The minimum Gasteiger partial charge on any atom is -0.394 e. The van der Waals surface area contributed by atoms with Crippen LogP contribution in [0.5, 0.6) is 0 Å². The van der Waals surface area contributed by atoms with E-state index < -0.39 is 24.5 Å². The Kier molecular flexibility index (Phi) is 4.09. The van der Waals surface area contributed by atoms with Crippen molar-refractivity contribution in [2.75, 3.05) is 11.9 Å². The Hall–Kier alpha value is -0.850. The molecular formula is C12H16ClNO4. The van der Waals surface area contributed by atoms with Crippen LogP contribution in [0.25, 0.3) is 0 Å². The fourth-order valence-electron chi connectivity index (χ4n) is 1.92. The molecule has 2 rings (SSSR count). The topological polar surface area (TPSA) is 82.0 Å². The molecule has 4 unspecified atom stereocenters. The molecule has 1 aliphatic heterocycles. The van der Waals surface area contributed by atoms with Crippen molar-refractivity contribution in [3.63, 3.8) is 0 Å². The fourth-order valence-corrected chi connectivity index (χ4v) is 2.09. The summed E-state index contributed by atoms with van der Waals surface area (Å²) in [5.74, 6) is 0. The molecule has 18 heavy (non-hydrogen) atoms. The van der Waals surface area contributed by atoms with Gasteiger partial charge in [-0.25, -0.2) is 0 Å². The van der Waals surface area contributed by atoms with Gasteiger partial charge in [-0.05, 0) is 24.6 Å². The Bertz CT molecular complexity index is 429. The van der Waals surface area contributed by atoms with Gasteiger partial charge in [0.2, 0.25) is 0 Å². The molecular weight excluding hydrogens is 258 g/mol. The maximum atomic E-state index is 9.79. The van der Waals surface area contributed by atoms with Crippen molar-refractivity contribution in [2.24, 2.45) is 0 Å². The molecule has 0 saturated carbocycles. The van der Waals surface area contributed by atoms with Crippen LogP contribution in [0.1, 0.15) is 5.56 Å². The Morgan fingerprint density at radius 1 is 1.33 bits per heavy atom. The van der Waals surface area contributed by atoms with E-state index in [0.717, 1.165) is 5.56 Å². The molecule has 1 heterocycles. The van der Waals surface area contributed by atoms with Crippen molar-refractivity contribution in [3.05, 3.63) is 28.8 Å². The fraction of sp³-hybridized carbons (Fsp3) is 0.500. The molecule has 1 aromatic carbocycles. The van der Waals surface area contributed by atoms with Crippen molar-refractivity contribution >= 4 is 17.3 Å². The molecule has 0 amide bonds. The third-order valence-electron chi connectivity index (χ3n) is 2.96. The molecule has 100 valence electrons. The number of aliphatic hydroxyl groups excluding tert-OH is 3. The van der Waals surface area contributed by atoms with Crippen LogP contribution >= 0.6 is 11.6 Å². The summed E-state index contributed by atoms with van der Waals surface area (Å²) >= 11 is 6.02. The van der Waals surface area contributed by atoms with E-state index >= 15 is 0 Å². The van der Waals surface area contributed by atoms with Crippen molar-refractivity contribution in [1.82, 2.24) is 0 Å². The van der Waals surface area contributed by atoms with Gasteiger partial charge in [-0.3, -0.25) is 0 Å². The summed E-state index contributed by atoms with van der Waals surface area (Å²) in [6.07, 6.45) is -3.81. The van der Waals surface area contributed by atoms with Crippen LogP contribution in [0.2, 0.25) is 5.02 Å². The standard InChI is InChI=1S/C12H16ClNO4/c1-6-2-3-7(13)8(4-6)14-12-11(17)10(16)9(5-15)18-12/h2-4,9-12,14-17H,5H2,1H3. The van der Waals surface area contributed by atoms with Crippen molar-refractivity contribution in [3.8, 4) is 0 Å². The second-order valence-electron chi connectivity index (χ2n) is 4.39. The van der Waals surface area contributed by atoms with Gasteiger partial charge < -0.3 is 25.4 Å². The van der Waals surface area contributed by atoms with E-state index in [1.807, 2.05) is 19.1 Å². The molecule has 1 fully saturated rings. The number of nitrogens with one attached hydrogen (secondary N) is 1. The summed E-state index contributed by atoms with van der Waals surface area (Å²) in [6, 6.07) is 5.42. The number of hydrogen-bond donors (Lipinski definition) is 4. The number of halogens is 1. The maximum Gasteiger partial charge on any atom is 0.157 e. The lowest BCUT2D eigenvalue weighted by atomic mass is 10.1. The summed E-state index contributed by atoms with van der Waals surface area (Å²) in [5.41, 5.74) is 1.63. The Morgan fingerprint density at radius 3 is 2.67 bits per heavy atom. The minimum absolute atomic E-state index is 0.349. The van der Waals surface area contributed by atoms with Crippen LogP contribution in [-0.2, 0) is 4.74 Å². The number of hydrogen-bond acceptors (Lipinski definition) is 5. The third-order valence-corrected chi connectivity index (χ3v) is 3.29. The van der Waals surface area contributed by atoms with E-state index in [-0.39, 0.29) is 6.61 Å². The van der Waals surface area contributed by atoms with E-state index in [1.165, 1.54) is 0 Å². The number of aliphatic hydroxyl groups is 3. The van der Waals surface area contributed by atoms with Crippen molar-refractivity contribution in [2.45, 2.75) is 31.5 Å². The first-order chi connectivity index (χ1) is 8.52. The molecule has 1 aromatic rings. The second-order valence-corrected chi connectivity index (χ2v) is 4.79. The molecule has 4 N–H and O–H groups in total. The van der Waals surface area contributed by atoms with E-state index in [1.54, 1.807) is 6.07 Å². The molecule has 0 radical (unpaired) electrons. The summed E-state index contributed by atoms with van der Waals surface area (Å²) in [5, 5.41) is 31.8. The van der Waals surface area contributed by atoms with Crippen LogP contribution in [0, 0.1) is 6.92 Å². The first kappa shape index (κ1) is 13.6. The molecule has 0 aromatic heterocycles. The van der Waals surface area contributed by atoms with Gasteiger partial charge in [0.1, 0.15) is 18.3 Å². The molecule has 0 aliphatic carbocycles. The number of anilines is 1. The maximum absolute atomic E-state index is 9.79. The quantitative estimate of drug-likeness (QED) is 0.645. The normalized spacial score (nSPS) is 31.6. The zero-order valence-corrected chi connectivity index (χ0v) is 10.6. The van der Waals surface area contributed by atoms with Gasteiger partial charge in [0.05, 0.1) is 17.3 Å². The van der Waals surface area contributed by atoms with Gasteiger partial charge in [-0.1, -0.05) is 17.7 Å². The molecule has 0 spiro atoms. The predicted molar refractivity (Wildman–Crippen MR) is 67.6 cm³/mol. The summed E-state index contributed by atoms with van der Waals surface area (Å²) in [4.78, 5) is 0. The van der Waals surface area contributed by atoms with E-state index in [4.69, 9.17) is 21.4 Å². The highest BCUT2D eigenvalue weighted by Crippen LogP contribution is 2.27. The second kappa shape index (κ2) is 5.42. The van der Waals surface area contributed by atoms with Crippen LogP contribution in [-0.4, -0.2) is 46.5 Å². The molecule has 4 atom stereocenters. The lowest BCUT2D eigenvalue weighted by Gasteiger charge is -2.18. The van der Waals surface area contributed by atoms with Gasteiger partial charge in [-0.15, -0.1) is 0 Å². The summed E-state index contributed by atoms with van der Waals surface area (Å²) < 4.78 is 5.31. The average molecular weight is 274 g/mol. The van der Waals surface area contributed by atoms with Gasteiger partial charge in [0.15, 0.2) is 6.23 Å². The first-order valence-corrected chi connectivity index (χ1v) is 6.06. The van der Waals surface area contributed by atoms with Gasteiger partial charge in [0, 0.05) is 0 Å². The Labute approximate surface area is 110 Å². The average Bonchev–Trinajstić information content (AvgIpc) is 2.62. The van der Waals surface area contributed by atoms with Gasteiger partial charge in [0.25, 0.3) is 0 Å². The van der Waals surface area contributed by atoms with Crippen LogP contribution in [0.15, 0.2) is 18.2 Å². The van der Waals surface area contributed by atoms with Crippen molar-refractivity contribution in [1.29, 1.82) is 0 Å². The number of rotatable bonds is 3. The molecule has 0 bridgehead atoms. The molecule has 1 saturated heterocycles. The highest BCUT2D eigenvalue weighted by molar-refractivity contribution is 6.33. The van der Waals surface area contributed by atoms with E-state index in [0.29, 0.717) is 10.7 Å². The highest BCUT2D eigenvalue weighted by atomic mass is 35.5. The lowest BCUT2D eigenvalue weighted by Crippen LogP contribution is -2.36. The number of benzene rings is 1. The number of ether oxygens (including phenoxy) is 1. The van der Waals surface area contributed by atoms with Gasteiger partial charge >= 0.3 is 0 Å². The Balaban J connectivity index is 2.12. The lowest BCUT2D eigenvalue weighted by molar-refractivity contribution is -0.0153. The monoisotopic (exact) mass is 273 g/mol. The van der Waals surface area contributed by atoms with Crippen molar-refractivity contribution < 1.29 is 20.1 Å².